The van der Waals surface area contributed by atoms with Gasteiger partial charge in [0.25, 0.3) is 0 Å². The van der Waals surface area contributed by atoms with Crippen LogP contribution in [-0.4, -0.2) is 13.3 Å². The van der Waals surface area contributed by atoms with Crippen LogP contribution < -0.4 is 15.3 Å². The van der Waals surface area contributed by atoms with Crippen molar-refractivity contribution in [3.05, 3.63) is 88.5 Å². The molecule has 33 heavy (non-hydrogen) atoms. The molecule has 0 spiro atoms. The molecule has 0 fully saturated rings. The summed E-state index contributed by atoms with van der Waals surface area (Å²) in [5.41, 5.74) is 6.25. The zero-order valence-corrected chi connectivity index (χ0v) is 22.4. The number of benzene rings is 3. The van der Waals surface area contributed by atoms with Gasteiger partial charge < -0.3 is 4.74 Å². The Kier molecular flexibility index (Phi) is 7.80. The highest BCUT2D eigenvalue weighted by atomic mass is 31.1. The Bertz CT molecular complexity index is 1120. The Hall–Kier alpha value is -2.44. The van der Waals surface area contributed by atoms with Crippen LogP contribution in [0.4, 0.5) is 0 Å². The maximum Gasteiger partial charge on any atom is 0.131 e. The van der Waals surface area contributed by atoms with E-state index in [0.29, 0.717) is 15.2 Å². The van der Waals surface area contributed by atoms with E-state index in [1.54, 1.807) is 0 Å². The zero-order valence-electron chi connectivity index (χ0n) is 21.4. The largest absolute Gasteiger partial charge is 0.488 e. The van der Waals surface area contributed by atoms with Crippen molar-refractivity contribution < 1.29 is 4.74 Å². The third-order valence-corrected chi connectivity index (χ3v) is 7.10. The second kappa shape index (κ2) is 10.2. The molecule has 0 N–H and O–H groups in total. The molecule has 0 amide bonds. The van der Waals surface area contributed by atoms with E-state index < -0.39 is 0 Å². The highest BCUT2D eigenvalue weighted by molar-refractivity contribution is 7.56. The molecule has 1 atom stereocenters. The van der Waals surface area contributed by atoms with Gasteiger partial charge in [-0.1, -0.05) is 104 Å². The lowest BCUT2D eigenvalue weighted by atomic mass is 9.80. The van der Waals surface area contributed by atoms with E-state index in [1.807, 2.05) is 19.3 Å². The van der Waals surface area contributed by atoms with Crippen molar-refractivity contribution in [2.45, 2.75) is 65.9 Å². The predicted molar refractivity (Wildman–Crippen MR) is 147 cm³/mol. The molecule has 0 aliphatic heterocycles. The summed E-state index contributed by atoms with van der Waals surface area (Å²) in [4.78, 5) is 4.31. The highest BCUT2D eigenvalue weighted by Crippen LogP contribution is 2.37. The quantitative estimate of drug-likeness (QED) is 0.292. The molecule has 0 saturated carbocycles. The van der Waals surface area contributed by atoms with Crippen molar-refractivity contribution >= 4 is 25.4 Å². The van der Waals surface area contributed by atoms with Gasteiger partial charge >= 0.3 is 0 Å². The van der Waals surface area contributed by atoms with E-state index in [9.17, 15) is 0 Å². The molecule has 0 bridgehead atoms. The van der Waals surface area contributed by atoms with E-state index in [1.165, 1.54) is 38.4 Å². The van der Waals surface area contributed by atoms with E-state index in [0.717, 1.165) is 5.75 Å². The molecular weight excluding hydrogens is 421 g/mol. The van der Waals surface area contributed by atoms with Crippen LogP contribution in [0.2, 0.25) is 0 Å². The van der Waals surface area contributed by atoms with Crippen molar-refractivity contribution in [1.29, 1.82) is 0 Å². The van der Waals surface area contributed by atoms with Gasteiger partial charge in [0.1, 0.15) is 12.4 Å². The van der Waals surface area contributed by atoms with Crippen LogP contribution in [0, 0.1) is 6.92 Å². The van der Waals surface area contributed by atoms with Gasteiger partial charge in [0.2, 0.25) is 0 Å². The SMILES string of the molecule is CN=Cc1cc(C)ccc1Pc1cc(C(C)(C)C)cc(C(C)(C)C)c1OCc1ccccc1. The maximum atomic E-state index is 6.62. The lowest BCUT2D eigenvalue weighted by molar-refractivity contribution is 0.300. The lowest BCUT2D eigenvalue weighted by Crippen LogP contribution is -2.23. The number of aliphatic imine (C=N–C) groups is 1. The summed E-state index contributed by atoms with van der Waals surface area (Å²) in [5.74, 6) is 1.03. The van der Waals surface area contributed by atoms with Crippen LogP contribution in [0.1, 0.15) is 69.4 Å². The smallest absolute Gasteiger partial charge is 0.131 e. The average molecular weight is 460 g/mol. The highest BCUT2D eigenvalue weighted by Gasteiger charge is 2.26. The van der Waals surface area contributed by atoms with Crippen molar-refractivity contribution in [1.82, 2.24) is 0 Å². The minimum absolute atomic E-state index is 0.0342. The van der Waals surface area contributed by atoms with Crippen LogP contribution in [-0.2, 0) is 17.4 Å². The summed E-state index contributed by atoms with van der Waals surface area (Å²) in [6.45, 7) is 16.4. The van der Waals surface area contributed by atoms with Gasteiger partial charge in [-0.05, 0) is 46.3 Å². The molecule has 0 heterocycles. The van der Waals surface area contributed by atoms with Gasteiger partial charge in [0.05, 0.1) is 0 Å². The molecule has 3 heteroatoms. The first-order valence-corrected chi connectivity index (χ1v) is 12.6. The number of nitrogens with zero attached hydrogens (tertiary/aromatic N) is 1. The van der Waals surface area contributed by atoms with Crippen molar-refractivity contribution in [3.8, 4) is 5.75 Å². The molecule has 0 aliphatic rings. The third kappa shape index (κ3) is 6.55. The summed E-state index contributed by atoms with van der Waals surface area (Å²) in [7, 11) is 2.32. The summed E-state index contributed by atoms with van der Waals surface area (Å²) < 4.78 is 6.62. The Labute approximate surface area is 202 Å². The molecular formula is C30H38NOP. The fraction of sp³-hybridized carbons (Fsp3) is 0.367. The normalized spacial score (nSPS) is 12.7. The van der Waals surface area contributed by atoms with Crippen LogP contribution >= 0.6 is 8.58 Å². The van der Waals surface area contributed by atoms with Crippen LogP contribution in [0.15, 0.2) is 65.7 Å². The first-order valence-electron chi connectivity index (χ1n) is 11.6. The molecule has 0 saturated heterocycles. The van der Waals surface area contributed by atoms with E-state index >= 15 is 0 Å². The molecule has 3 aromatic rings. The van der Waals surface area contributed by atoms with Crippen molar-refractivity contribution in [2.75, 3.05) is 7.05 Å². The number of hydrogen-bond acceptors (Lipinski definition) is 2. The van der Waals surface area contributed by atoms with Gasteiger partial charge in [0, 0.05) is 29.7 Å². The van der Waals surface area contributed by atoms with E-state index in [4.69, 9.17) is 4.74 Å². The van der Waals surface area contributed by atoms with Crippen molar-refractivity contribution in [2.24, 2.45) is 4.99 Å². The molecule has 174 valence electrons. The van der Waals surface area contributed by atoms with E-state index in [-0.39, 0.29) is 10.8 Å². The summed E-state index contributed by atoms with van der Waals surface area (Å²) >= 11 is 0. The topological polar surface area (TPSA) is 21.6 Å². The first kappa shape index (κ1) is 25.2. The Morgan fingerprint density at radius 3 is 2.15 bits per heavy atom. The fourth-order valence-corrected chi connectivity index (χ4v) is 5.07. The standard InChI is InChI=1S/C30H38NOP/c1-21-14-15-26(23(16-21)19-31-8)33-27-18-24(29(2,3)4)17-25(30(5,6)7)28(27)32-20-22-12-10-9-11-13-22/h9-19,33H,20H2,1-8H3. The number of hydrogen-bond donors (Lipinski definition) is 0. The molecule has 1 unspecified atom stereocenters. The second-order valence-electron chi connectivity index (χ2n) is 10.8. The summed E-state index contributed by atoms with van der Waals surface area (Å²) in [5, 5.41) is 2.56. The van der Waals surface area contributed by atoms with Gasteiger partial charge in [-0.2, -0.15) is 0 Å². The first-order chi connectivity index (χ1) is 15.5. The average Bonchev–Trinajstić information content (AvgIpc) is 2.74. The van der Waals surface area contributed by atoms with Gasteiger partial charge in [-0.25, -0.2) is 0 Å². The van der Waals surface area contributed by atoms with Gasteiger partial charge in [0.15, 0.2) is 0 Å². The molecule has 0 aromatic heterocycles. The van der Waals surface area contributed by atoms with Crippen LogP contribution in [0.25, 0.3) is 0 Å². The zero-order chi connectivity index (χ0) is 24.2. The summed E-state index contributed by atoms with van der Waals surface area (Å²) in [6, 6.07) is 21.8. The van der Waals surface area contributed by atoms with Crippen LogP contribution in [0.5, 0.6) is 5.75 Å². The van der Waals surface area contributed by atoms with E-state index in [2.05, 4.69) is 108 Å². The lowest BCUT2D eigenvalue weighted by Gasteiger charge is -2.29. The molecule has 2 nitrogen and oxygen atoms in total. The number of ether oxygens (including phenoxy) is 1. The van der Waals surface area contributed by atoms with Crippen molar-refractivity contribution in [3.63, 3.8) is 0 Å². The van der Waals surface area contributed by atoms with Gasteiger partial charge in [-0.3, -0.25) is 4.99 Å². The molecule has 3 rings (SSSR count). The Morgan fingerprint density at radius 1 is 0.848 bits per heavy atom. The fourth-order valence-electron chi connectivity index (χ4n) is 3.78. The number of rotatable bonds is 6. The monoisotopic (exact) mass is 459 g/mol. The Morgan fingerprint density at radius 2 is 1.55 bits per heavy atom. The molecule has 0 radical (unpaired) electrons. The minimum Gasteiger partial charge on any atom is -0.488 e. The Balaban J connectivity index is 2.17. The summed E-state index contributed by atoms with van der Waals surface area (Å²) in [6.07, 6.45) is 1.97. The third-order valence-electron chi connectivity index (χ3n) is 5.73. The van der Waals surface area contributed by atoms with Gasteiger partial charge in [-0.15, -0.1) is 0 Å². The predicted octanol–water partition coefficient (Wildman–Crippen LogP) is 6.85. The van der Waals surface area contributed by atoms with Crippen LogP contribution in [0.3, 0.4) is 0 Å². The minimum atomic E-state index is -0.0342. The second-order valence-corrected chi connectivity index (χ2v) is 12.1. The number of aryl methyl sites for hydroxylation is 1. The molecule has 0 aliphatic carbocycles. The molecule has 3 aromatic carbocycles. The maximum absolute atomic E-state index is 6.62.